The van der Waals surface area contributed by atoms with E-state index in [4.69, 9.17) is 5.73 Å². The molecule has 0 aliphatic carbocycles. The van der Waals surface area contributed by atoms with Crippen LogP contribution in [0.2, 0.25) is 0 Å². The standard InChI is InChI=1S/C15H17N/c1-10-4-6-12(3)14(8-10)13-7-5-11(2)9-15(13)16/h4-9H,16H2,1-3H3. The summed E-state index contributed by atoms with van der Waals surface area (Å²) in [7, 11) is 0. The number of hydrogen-bond donors (Lipinski definition) is 1. The van der Waals surface area contributed by atoms with Crippen molar-refractivity contribution in [2.75, 3.05) is 5.73 Å². The van der Waals surface area contributed by atoms with Gasteiger partial charge < -0.3 is 5.73 Å². The minimum absolute atomic E-state index is 0.855. The molecular weight excluding hydrogens is 194 g/mol. The third-order valence-electron chi connectivity index (χ3n) is 2.89. The van der Waals surface area contributed by atoms with Crippen LogP contribution in [-0.4, -0.2) is 0 Å². The van der Waals surface area contributed by atoms with Gasteiger partial charge in [0.25, 0.3) is 0 Å². The third kappa shape index (κ3) is 1.94. The van der Waals surface area contributed by atoms with Crippen LogP contribution in [0.25, 0.3) is 11.1 Å². The molecule has 1 nitrogen and oxygen atoms in total. The lowest BCUT2D eigenvalue weighted by Crippen LogP contribution is -1.93. The Balaban J connectivity index is 2.62. The zero-order valence-corrected chi connectivity index (χ0v) is 10.0. The summed E-state index contributed by atoms with van der Waals surface area (Å²) in [6.07, 6.45) is 0. The molecule has 0 saturated carbocycles. The van der Waals surface area contributed by atoms with E-state index in [2.05, 4.69) is 51.1 Å². The van der Waals surface area contributed by atoms with Crippen molar-refractivity contribution in [2.45, 2.75) is 20.8 Å². The zero-order chi connectivity index (χ0) is 11.7. The van der Waals surface area contributed by atoms with Crippen molar-refractivity contribution in [3.05, 3.63) is 53.1 Å². The van der Waals surface area contributed by atoms with Gasteiger partial charge in [0, 0.05) is 11.3 Å². The summed E-state index contributed by atoms with van der Waals surface area (Å²) in [5.74, 6) is 0. The molecule has 1 heteroatoms. The summed E-state index contributed by atoms with van der Waals surface area (Å²) in [5, 5.41) is 0. The van der Waals surface area contributed by atoms with Crippen LogP contribution < -0.4 is 5.73 Å². The Morgan fingerprint density at radius 1 is 0.750 bits per heavy atom. The van der Waals surface area contributed by atoms with Crippen molar-refractivity contribution in [3.63, 3.8) is 0 Å². The molecule has 0 aliphatic heterocycles. The van der Waals surface area contributed by atoms with Crippen LogP contribution in [0.5, 0.6) is 0 Å². The normalized spacial score (nSPS) is 10.4. The first-order chi connectivity index (χ1) is 7.58. The van der Waals surface area contributed by atoms with E-state index in [0.717, 1.165) is 11.3 Å². The largest absolute Gasteiger partial charge is 0.398 e. The van der Waals surface area contributed by atoms with E-state index < -0.39 is 0 Å². The molecule has 2 aromatic carbocycles. The van der Waals surface area contributed by atoms with Crippen molar-refractivity contribution >= 4 is 5.69 Å². The maximum absolute atomic E-state index is 6.07. The lowest BCUT2D eigenvalue weighted by Gasteiger charge is -2.10. The SMILES string of the molecule is Cc1ccc(-c2cc(C)ccc2C)c(N)c1. The van der Waals surface area contributed by atoms with Gasteiger partial charge >= 0.3 is 0 Å². The van der Waals surface area contributed by atoms with Crippen LogP contribution in [-0.2, 0) is 0 Å². The fourth-order valence-electron chi connectivity index (χ4n) is 1.95. The number of hydrogen-bond acceptors (Lipinski definition) is 1. The van der Waals surface area contributed by atoms with Gasteiger partial charge in [-0.05, 0) is 43.5 Å². The highest BCUT2D eigenvalue weighted by Gasteiger charge is 2.05. The monoisotopic (exact) mass is 211 g/mol. The number of nitrogens with two attached hydrogens (primary N) is 1. The van der Waals surface area contributed by atoms with Crippen LogP contribution >= 0.6 is 0 Å². The second-order valence-electron chi connectivity index (χ2n) is 4.41. The number of rotatable bonds is 1. The minimum Gasteiger partial charge on any atom is -0.398 e. The van der Waals surface area contributed by atoms with Crippen LogP contribution in [0.15, 0.2) is 36.4 Å². The summed E-state index contributed by atoms with van der Waals surface area (Å²) < 4.78 is 0. The highest BCUT2D eigenvalue weighted by Crippen LogP contribution is 2.29. The van der Waals surface area contributed by atoms with E-state index >= 15 is 0 Å². The smallest absolute Gasteiger partial charge is 0.0396 e. The Kier molecular flexibility index (Phi) is 2.69. The molecule has 0 radical (unpaired) electrons. The van der Waals surface area contributed by atoms with Crippen LogP contribution in [0.4, 0.5) is 5.69 Å². The molecule has 0 atom stereocenters. The molecule has 0 amide bonds. The van der Waals surface area contributed by atoms with Crippen LogP contribution in [0.3, 0.4) is 0 Å². The molecule has 0 saturated heterocycles. The summed E-state index contributed by atoms with van der Waals surface area (Å²) >= 11 is 0. The summed E-state index contributed by atoms with van der Waals surface area (Å²) in [6.45, 7) is 6.28. The lowest BCUT2D eigenvalue weighted by molar-refractivity contribution is 1.38. The van der Waals surface area contributed by atoms with E-state index in [1.165, 1.54) is 22.3 Å². The van der Waals surface area contributed by atoms with Crippen molar-refractivity contribution in [1.82, 2.24) is 0 Å². The molecule has 0 aromatic heterocycles. The molecule has 0 aliphatic rings. The zero-order valence-electron chi connectivity index (χ0n) is 10.0. The first kappa shape index (κ1) is 10.7. The summed E-state index contributed by atoms with van der Waals surface area (Å²) in [6, 6.07) is 12.7. The van der Waals surface area contributed by atoms with Gasteiger partial charge in [-0.25, -0.2) is 0 Å². The van der Waals surface area contributed by atoms with Gasteiger partial charge in [0.05, 0.1) is 0 Å². The van der Waals surface area contributed by atoms with Gasteiger partial charge in [0.1, 0.15) is 0 Å². The lowest BCUT2D eigenvalue weighted by atomic mass is 9.96. The van der Waals surface area contributed by atoms with E-state index in [-0.39, 0.29) is 0 Å². The molecule has 2 aromatic rings. The summed E-state index contributed by atoms with van der Waals surface area (Å²) in [5.41, 5.74) is 13.0. The third-order valence-corrected chi connectivity index (χ3v) is 2.89. The average molecular weight is 211 g/mol. The molecule has 0 heterocycles. The Labute approximate surface area is 96.9 Å². The van der Waals surface area contributed by atoms with Gasteiger partial charge in [-0.1, -0.05) is 35.9 Å². The molecule has 16 heavy (non-hydrogen) atoms. The van der Waals surface area contributed by atoms with Gasteiger partial charge in [-0.15, -0.1) is 0 Å². The fraction of sp³-hybridized carbons (Fsp3) is 0.200. The maximum Gasteiger partial charge on any atom is 0.0396 e. The second-order valence-corrected chi connectivity index (χ2v) is 4.41. The van der Waals surface area contributed by atoms with E-state index in [1.807, 2.05) is 6.07 Å². The number of nitrogen functional groups attached to an aromatic ring is 1. The summed E-state index contributed by atoms with van der Waals surface area (Å²) in [4.78, 5) is 0. The fourth-order valence-corrected chi connectivity index (χ4v) is 1.95. The van der Waals surface area contributed by atoms with Crippen molar-refractivity contribution in [1.29, 1.82) is 0 Å². The molecule has 0 unspecified atom stereocenters. The average Bonchev–Trinajstić information content (AvgIpc) is 2.22. The van der Waals surface area contributed by atoms with Gasteiger partial charge in [0.2, 0.25) is 0 Å². The van der Waals surface area contributed by atoms with Crippen molar-refractivity contribution < 1.29 is 0 Å². The Hall–Kier alpha value is -1.76. The topological polar surface area (TPSA) is 26.0 Å². The second kappa shape index (κ2) is 4.01. The van der Waals surface area contributed by atoms with E-state index in [1.54, 1.807) is 0 Å². The molecular formula is C15H17N. The quantitative estimate of drug-likeness (QED) is 0.712. The predicted octanol–water partition coefficient (Wildman–Crippen LogP) is 3.86. The maximum atomic E-state index is 6.07. The molecule has 82 valence electrons. The van der Waals surface area contributed by atoms with Crippen molar-refractivity contribution in [3.8, 4) is 11.1 Å². The number of aryl methyl sites for hydroxylation is 3. The highest BCUT2D eigenvalue weighted by molar-refractivity contribution is 5.79. The Morgan fingerprint density at radius 3 is 2.06 bits per heavy atom. The van der Waals surface area contributed by atoms with E-state index in [0.29, 0.717) is 0 Å². The number of benzene rings is 2. The first-order valence-corrected chi connectivity index (χ1v) is 5.51. The molecule has 0 bridgehead atoms. The van der Waals surface area contributed by atoms with Crippen LogP contribution in [0.1, 0.15) is 16.7 Å². The first-order valence-electron chi connectivity index (χ1n) is 5.51. The minimum atomic E-state index is 0.855. The predicted molar refractivity (Wildman–Crippen MR) is 70.5 cm³/mol. The molecule has 2 rings (SSSR count). The molecule has 0 spiro atoms. The van der Waals surface area contributed by atoms with E-state index in [9.17, 15) is 0 Å². The molecule has 0 fully saturated rings. The number of anilines is 1. The van der Waals surface area contributed by atoms with Crippen LogP contribution in [0, 0.1) is 20.8 Å². The van der Waals surface area contributed by atoms with Gasteiger partial charge in [-0.3, -0.25) is 0 Å². The molecule has 2 N–H and O–H groups in total. The van der Waals surface area contributed by atoms with Gasteiger partial charge in [0.15, 0.2) is 0 Å². The highest BCUT2D eigenvalue weighted by atomic mass is 14.6. The van der Waals surface area contributed by atoms with Gasteiger partial charge in [-0.2, -0.15) is 0 Å². The van der Waals surface area contributed by atoms with Crippen molar-refractivity contribution in [2.24, 2.45) is 0 Å². The Bertz CT molecular complexity index is 527. The Morgan fingerprint density at radius 2 is 1.38 bits per heavy atom.